The van der Waals surface area contributed by atoms with E-state index < -0.39 is 0 Å². The largest absolute Gasteiger partial charge is 0.331 e. The van der Waals surface area contributed by atoms with Gasteiger partial charge in [-0.15, -0.1) is 0 Å². The van der Waals surface area contributed by atoms with E-state index in [0.717, 1.165) is 22.4 Å². The standard InChI is InChI=1S/C14H19N3O/c1-9(8-15)6-14(18)11-4-5-13-12(7-11)16-10(2)17(13)3/h4-5,7,9H,6,8,15H2,1-3H3. The van der Waals surface area contributed by atoms with E-state index in [-0.39, 0.29) is 11.7 Å². The van der Waals surface area contributed by atoms with Gasteiger partial charge in [-0.25, -0.2) is 4.98 Å². The molecule has 0 aliphatic rings. The number of hydrogen-bond acceptors (Lipinski definition) is 3. The summed E-state index contributed by atoms with van der Waals surface area (Å²) in [6.45, 7) is 4.48. The predicted octanol–water partition coefficient (Wildman–Crippen LogP) is 2.05. The number of imidazole rings is 1. The molecule has 0 radical (unpaired) electrons. The third-order valence-corrected chi connectivity index (χ3v) is 3.36. The number of nitrogens with two attached hydrogens (primary N) is 1. The smallest absolute Gasteiger partial charge is 0.163 e. The van der Waals surface area contributed by atoms with Gasteiger partial charge in [0.1, 0.15) is 5.82 Å². The number of aryl methyl sites for hydroxylation is 2. The summed E-state index contributed by atoms with van der Waals surface area (Å²) in [5, 5.41) is 0. The Kier molecular flexibility index (Phi) is 3.48. The number of fused-ring (bicyclic) bond motifs is 1. The number of ketones is 1. The maximum absolute atomic E-state index is 12.1. The van der Waals surface area contributed by atoms with Crippen LogP contribution in [0.4, 0.5) is 0 Å². The quantitative estimate of drug-likeness (QED) is 0.839. The van der Waals surface area contributed by atoms with Crippen LogP contribution >= 0.6 is 0 Å². The van der Waals surface area contributed by atoms with E-state index in [4.69, 9.17) is 5.73 Å². The average molecular weight is 245 g/mol. The van der Waals surface area contributed by atoms with Crippen molar-refractivity contribution in [3.8, 4) is 0 Å². The van der Waals surface area contributed by atoms with E-state index in [0.29, 0.717) is 13.0 Å². The Morgan fingerprint density at radius 3 is 2.89 bits per heavy atom. The fourth-order valence-corrected chi connectivity index (χ4v) is 2.01. The molecule has 1 aromatic carbocycles. The summed E-state index contributed by atoms with van der Waals surface area (Å²) in [6, 6.07) is 5.69. The van der Waals surface area contributed by atoms with Crippen molar-refractivity contribution in [1.29, 1.82) is 0 Å². The number of carbonyl (C=O) groups excluding carboxylic acids is 1. The van der Waals surface area contributed by atoms with Crippen LogP contribution in [-0.2, 0) is 7.05 Å². The predicted molar refractivity (Wildman–Crippen MR) is 72.6 cm³/mol. The number of nitrogens with zero attached hydrogens (tertiary/aromatic N) is 2. The minimum absolute atomic E-state index is 0.137. The van der Waals surface area contributed by atoms with E-state index in [1.54, 1.807) is 0 Å². The highest BCUT2D eigenvalue weighted by Crippen LogP contribution is 2.18. The van der Waals surface area contributed by atoms with Gasteiger partial charge < -0.3 is 10.3 Å². The molecule has 4 heteroatoms. The van der Waals surface area contributed by atoms with Crippen LogP contribution in [0, 0.1) is 12.8 Å². The monoisotopic (exact) mass is 245 g/mol. The van der Waals surface area contributed by atoms with Crippen LogP contribution in [-0.4, -0.2) is 21.9 Å². The molecular formula is C14H19N3O. The first-order valence-corrected chi connectivity index (χ1v) is 6.19. The molecular weight excluding hydrogens is 226 g/mol. The lowest BCUT2D eigenvalue weighted by Crippen LogP contribution is -2.15. The summed E-state index contributed by atoms with van der Waals surface area (Å²) in [5.41, 5.74) is 8.20. The summed E-state index contributed by atoms with van der Waals surface area (Å²) in [4.78, 5) is 16.5. The number of benzene rings is 1. The third kappa shape index (κ3) is 2.29. The normalized spacial score (nSPS) is 12.9. The molecule has 0 saturated carbocycles. The highest BCUT2D eigenvalue weighted by Gasteiger charge is 2.12. The van der Waals surface area contributed by atoms with Gasteiger partial charge in [0.25, 0.3) is 0 Å². The zero-order valence-electron chi connectivity index (χ0n) is 11.1. The molecule has 1 heterocycles. The lowest BCUT2D eigenvalue weighted by Gasteiger charge is -2.07. The Hall–Kier alpha value is -1.68. The second-order valence-corrected chi connectivity index (χ2v) is 4.89. The molecule has 2 rings (SSSR count). The highest BCUT2D eigenvalue weighted by molar-refractivity contribution is 5.99. The molecule has 0 bridgehead atoms. The van der Waals surface area contributed by atoms with E-state index in [1.165, 1.54) is 0 Å². The lowest BCUT2D eigenvalue weighted by molar-refractivity contribution is 0.0966. The van der Waals surface area contributed by atoms with Crippen molar-refractivity contribution in [3.05, 3.63) is 29.6 Å². The average Bonchev–Trinajstić information content (AvgIpc) is 2.64. The number of aromatic nitrogens is 2. The van der Waals surface area contributed by atoms with Gasteiger partial charge in [0.05, 0.1) is 11.0 Å². The van der Waals surface area contributed by atoms with Gasteiger partial charge in [-0.2, -0.15) is 0 Å². The Morgan fingerprint density at radius 1 is 1.50 bits per heavy atom. The van der Waals surface area contributed by atoms with Gasteiger partial charge in [-0.1, -0.05) is 6.92 Å². The van der Waals surface area contributed by atoms with Crippen LogP contribution in [0.1, 0.15) is 29.5 Å². The first kappa shape index (κ1) is 12.8. The molecule has 4 nitrogen and oxygen atoms in total. The molecule has 0 aliphatic heterocycles. The molecule has 0 saturated heterocycles. The van der Waals surface area contributed by atoms with Crippen molar-refractivity contribution in [3.63, 3.8) is 0 Å². The van der Waals surface area contributed by atoms with Crippen molar-refractivity contribution in [1.82, 2.24) is 9.55 Å². The second kappa shape index (κ2) is 4.90. The molecule has 1 unspecified atom stereocenters. The van der Waals surface area contributed by atoms with E-state index in [9.17, 15) is 4.79 Å². The van der Waals surface area contributed by atoms with Gasteiger partial charge in [-0.3, -0.25) is 4.79 Å². The summed E-state index contributed by atoms with van der Waals surface area (Å²) >= 11 is 0. The van der Waals surface area contributed by atoms with Crippen LogP contribution in [0.5, 0.6) is 0 Å². The minimum atomic E-state index is 0.137. The van der Waals surface area contributed by atoms with Gasteiger partial charge in [-0.05, 0) is 37.6 Å². The van der Waals surface area contributed by atoms with Gasteiger partial charge in [0, 0.05) is 19.0 Å². The number of hydrogen-bond donors (Lipinski definition) is 1. The molecule has 2 N–H and O–H groups in total. The number of Topliss-reactive ketones (excluding diaryl/α,β-unsaturated/α-hetero) is 1. The fourth-order valence-electron chi connectivity index (χ4n) is 2.01. The first-order valence-electron chi connectivity index (χ1n) is 6.19. The molecule has 0 fully saturated rings. The van der Waals surface area contributed by atoms with Gasteiger partial charge in [0.15, 0.2) is 5.78 Å². The Balaban J connectivity index is 2.33. The first-order chi connectivity index (χ1) is 8.52. The molecule has 1 aromatic heterocycles. The maximum atomic E-state index is 12.1. The third-order valence-electron chi connectivity index (χ3n) is 3.36. The zero-order chi connectivity index (χ0) is 13.3. The summed E-state index contributed by atoms with van der Waals surface area (Å²) in [7, 11) is 1.97. The van der Waals surface area contributed by atoms with E-state index >= 15 is 0 Å². The minimum Gasteiger partial charge on any atom is -0.331 e. The number of rotatable bonds is 4. The molecule has 0 aliphatic carbocycles. The lowest BCUT2D eigenvalue weighted by atomic mass is 9.99. The molecule has 2 aromatic rings. The van der Waals surface area contributed by atoms with Crippen LogP contribution < -0.4 is 5.73 Å². The van der Waals surface area contributed by atoms with Crippen LogP contribution in [0.3, 0.4) is 0 Å². The summed E-state index contributed by atoms with van der Waals surface area (Å²) < 4.78 is 2.02. The Bertz CT molecular complexity index is 586. The van der Waals surface area contributed by atoms with Crippen LogP contribution in [0.25, 0.3) is 11.0 Å². The van der Waals surface area contributed by atoms with Crippen LogP contribution in [0.15, 0.2) is 18.2 Å². The van der Waals surface area contributed by atoms with Gasteiger partial charge >= 0.3 is 0 Å². The second-order valence-electron chi connectivity index (χ2n) is 4.89. The van der Waals surface area contributed by atoms with Crippen molar-refractivity contribution in [2.24, 2.45) is 18.7 Å². The van der Waals surface area contributed by atoms with Gasteiger partial charge in [0.2, 0.25) is 0 Å². The molecule has 0 amide bonds. The Morgan fingerprint density at radius 2 is 2.22 bits per heavy atom. The molecule has 1 atom stereocenters. The Labute approximate surface area is 107 Å². The van der Waals surface area contributed by atoms with Crippen molar-refractivity contribution >= 4 is 16.8 Å². The van der Waals surface area contributed by atoms with E-state index in [2.05, 4.69) is 4.98 Å². The SMILES string of the molecule is Cc1nc2cc(C(=O)CC(C)CN)ccc2n1C. The molecule has 0 spiro atoms. The molecule has 96 valence electrons. The summed E-state index contributed by atoms with van der Waals surface area (Å²) in [6.07, 6.45) is 0.494. The number of carbonyl (C=O) groups is 1. The van der Waals surface area contributed by atoms with Crippen molar-refractivity contribution in [2.75, 3.05) is 6.54 Å². The highest BCUT2D eigenvalue weighted by atomic mass is 16.1. The summed E-state index contributed by atoms with van der Waals surface area (Å²) in [5.74, 6) is 1.31. The molecule has 18 heavy (non-hydrogen) atoms. The van der Waals surface area contributed by atoms with Crippen molar-refractivity contribution in [2.45, 2.75) is 20.3 Å². The zero-order valence-corrected chi connectivity index (χ0v) is 11.1. The van der Waals surface area contributed by atoms with E-state index in [1.807, 2.05) is 43.7 Å². The van der Waals surface area contributed by atoms with Crippen LogP contribution in [0.2, 0.25) is 0 Å². The maximum Gasteiger partial charge on any atom is 0.163 e. The topological polar surface area (TPSA) is 60.9 Å². The fraction of sp³-hybridized carbons (Fsp3) is 0.429. The van der Waals surface area contributed by atoms with Crippen molar-refractivity contribution < 1.29 is 4.79 Å².